The molecular formula is C13H21N3O2S2. The Balaban J connectivity index is 3.09. The molecule has 0 aliphatic rings. The van der Waals surface area contributed by atoms with Crippen molar-refractivity contribution < 1.29 is 8.42 Å². The zero-order valence-electron chi connectivity index (χ0n) is 12.0. The Hall–Kier alpha value is -1.05. The third-order valence-corrected chi connectivity index (χ3v) is 5.17. The predicted octanol–water partition coefficient (Wildman–Crippen LogP) is 1.82. The summed E-state index contributed by atoms with van der Waals surface area (Å²) in [4.78, 5) is 3.96. The van der Waals surface area contributed by atoms with Gasteiger partial charge >= 0.3 is 0 Å². The largest absolute Gasteiger partial charge is 0.388 e. The van der Waals surface area contributed by atoms with Crippen LogP contribution in [0.3, 0.4) is 0 Å². The van der Waals surface area contributed by atoms with Crippen molar-refractivity contribution in [2.45, 2.75) is 44.6 Å². The van der Waals surface area contributed by atoms with E-state index in [1.807, 2.05) is 20.8 Å². The molecule has 7 heteroatoms. The second-order valence-electron chi connectivity index (χ2n) is 4.70. The molecule has 1 aromatic heterocycles. The molecule has 1 atom stereocenters. The van der Waals surface area contributed by atoms with Crippen LogP contribution in [0.5, 0.6) is 0 Å². The van der Waals surface area contributed by atoms with Crippen molar-refractivity contribution >= 4 is 27.2 Å². The van der Waals surface area contributed by atoms with Crippen LogP contribution in [-0.4, -0.2) is 24.4 Å². The normalized spacial score (nSPS) is 13.4. The molecule has 0 bridgehead atoms. The fourth-order valence-electron chi connectivity index (χ4n) is 2.19. The smallest absolute Gasteiger partial charge is 0.243 e. The topological polar surface area (TPSA) is 85.1 Å². The van der Waals surface area contributed by atoms with Crippen LogP contribution in [0.25, 0.3) is 0 Å². The minimum absolute atomic E-state index is 0.0267. The van der Waals surface area contributed by atoms with Crippen LogP contribution in [0.4, 0.5) is 0 Å². The maximum atomic E-state index is 12.4. The molecule has 1 heterocycles. The number of pyridine rings is 1. The van der Waals surface area contributed by atoms with Gasteiger partial charge in [0.2, 0.25) is 10.0 Å². The lowest BCUT2D eigenvalue weighted by Crippen LogP contribution is -2.38. The molecule has 0 fully saturated rings. The van der Waals surface area contributed by atoms with Gasteiger partial charge < -0.3 is 5.73 Å². The molecule has 0 saturated heterocycles. The monoisotopic (exact) mass is 315 g/mol. The number of hydrogen-bond donors (Lipinski definition) is 2. The van der Waals surface area contributed by atoms with Gasteiger partial charge in [0.1, 0.15) is 15.6 Å². The van der Waals surface area contributed by atoms with Crippen molar-refractivity contribution in [1.29, 1.82) is 0 Å². The molecule has 0 saturated carbocycles. The molecule has 0 amide bonds. The van der Waals surface area contributed by atoms with Gasteiger partial charge in [-0.05, 0) is 25.0 Å². The number of sulfonamides is 1. The zero-order valence-corrected chi connectivity index (χ0v) is 13.6. The molecule has 3 N–H and O–H groups in total. The number of aromatic nitrogens is 1. The summed E-state index contributed by atoms with van der Waals surface area (Å²) in [6, 6.07) is 2.86. The molecular weight excluding hydrogens is 294 g/mol. The van der Waals surface area contributed by atoms with E-state index in [0.717, 1.165) is 12.8 Å². The van der Waals surface area contributed by atoms with Crippen LogP contribution in [0.1, 0.15) is 39.3 Å². The third-order valence-electron chi connectivity index (χ3n) is 3.39. The van der Waals surface area contributed by atoms with E-state index in [0.29, 0.717) is 0 Å². The summed E-state index contributed by atoms with van der Waals surface area (Å²) in [6.07, 6.45) is 3.29. The fourth-order valence-corrected chi connectivity index (χ4v) is 3.90. The minimum atomic E-state index is -3.68. The van der Waals surface area contributed by atoms with Crippen LogP contribution in [-0.2, 0) is 10.0 Å². The number of nitrogens with one attached hydrogen (secondary N) is 1. The molecule has 1 rings (SSSR count). The van der Waals surface area contributed by atoms with Crippen molar-refractivity contribution in [3.05, 3.63) is 24.0 Å². The molecule has 112 valence electrons. The molecule has 0 radical (unpaired) electrons. The van der Waals surface area contributed by atoms with E-state index in [2.05, 4.69) is 9.71 Å². The first-order valence-corrected chi connectivity index (χ1v) is 8.49. The summed E-state index contributed by atoms with van der Waals surface area (Å²) in [7, 11) is -3.68. The lowest BCUT2D eigenvalue weighted by Gasteiger charge is -2.22. The third kappa shape index (κ3) is 3.97. The van der Waals surface area contributed by atoms with Gasteiger partial charge in [0, 0.05) is 12.2 Å². The Morgan fingerprint density at radius 2 is 2.05 bits per heavy atom. The highest BCUT2D eigenvalue weighted by molar-refractivity contribution is 7.89. The van der Waals surface area contributed by atoms with E-state index < -0.39 is 10.0 Å². The maximum Gasteiger partial charge on any atom is 0.243 e. The van der Waals surface area contributed by atoms with Gasteiger partial charge in [-0.25, -0.2) is 13.1 Å². The molecule has 1 aromatic rings. The van der Waals surface area contributed by atoms with E-state index in [-0.39, 0.29) is 27.5 Å². The Morgan fingerprint density at radius 1 is 1.45 bits per heavy atom. The molecule has 20 heavy (non-hydrogen) atoms. The number of thiocarbonyl (C=S) groups is 1. The second kappa shape index (κ2) is 7.10. The van der Waals surface area contributed by atoms with Crippen LogP contribution in [0, 0.1) is 5.92 Å². The van der Waals surface area contributed by atoms with Crippen molar-refractivity contribution in [3.63, 3.8) is 0 Å². The summed E-state index contributed by atoms with van der Waals surface area (Å²) >= 11 is 4.85. The molecule has 0 aliphatic carbocycles. The van der Waals surface area contributed by atoms with E-state index in [4.69, 9.17) is 18.0 Å². The fraction of sp³-hybridized carbons (Fsp3) is 0.538. The molecule has 0 aromatic carbocycles. The van der Waals surface area contributed by atoms with Gasteiger partial charge in [-0.15, -0.1) is 0 Å². The van der Waals surface area contributed by atoms with Gasteiger partial charge in [-0.3, -0.25) is 4.98 Å². The Morgan fingerprint density at radius 3 is 2.55 bits per heavy atom. The van der Waals surface area contributed by atoms with Gasteiger partial charge in [-0.2, -0.15) is 0 Å². The summed E-state index contributed by atoms with van der Waals surface area (Å²) in [6.45, 7) is 5.96. The lowest BCUT2D eigenvalue weighted by atomic mass is 9.96. The van der Waals surface area contributed by atoms with Gasteiger partial charge in [0.15, 0.2) is 0 Å². The molecule has 5 nitrogen and oxygen atoms in total. The Labute approximate surface area is 126 Å². The van der Waals surface area contributed by atoms with Gasteiger partial charge in [-0.1, -0.05) is 38.9 Å². The number of hydrogen-bond acceptors (Lipinski definition) is 4. The Kier molecular flexibility index (Phi) is 6.04. The summed E-state index contributed by atoms with van der Waals surface area (Å²) in [5, 5.41) is 0. The highest BCUT2D eigenvalue weighted by Crippen LogP contribution is 2.18. The number of nitrogens with two attached hydrogens (primary N) is 1. The second-order valence-corrected chi connectivity index (χ2v) is 6.82. The summed E-state index contributed by atoms with van der Waals surface area (Å²) in [5.74, 6) is 0.287. The maximum absolute atomic E-state index is 12.4. The highest BCUT2D eigenvalue weighted by Gasteiger charge is 2.25. The molecule has 0 spiro atoms. The van der Waals surface area contributed by atoms with Crippen molar-refractivity contribution in [1.82, 2.24) is 9.71 Å². The molecule has 0 aliphatic heterocycles. The predicted molar refractivity (Wildman–Crippen MR) is 84.0 cm³/mol. The van der Waals surface area contributed by atoms with Gasteiger partial charge in [0.25, 0.3) is 0 Å². The zero-order chi connectivity index (χ0) is 15.3. The van der Waals surface area contributed by atoms with Crippen LogP contribution >= 0.6 is 12.2 Å². The first-order valence-electron chi connectivity index (χ1n) is 6.60. The van der Waals surface area contributed by atoms with Gasteiger partial charge in [0.05, 0.1) is 0 Å². The van der Waals surface area contributed by atoms with Crippen LogP contribution in [0.2, 0.25) is 0 Å². The molecule has 1 unspecified atom stereocenters. The van der Waals surface area contributed by atoms with Crippen LogP contribution in [0.15, 0.2) is 23.2 Å². The van der Waals surface area contributed by atoms with Crippen molar-refractivity contribution in [3.8, 4) is 0 Å². The lowest BCUT2D eigenvalue weighted by molar-refractivity contribution is 0.390. The van der Waals surface area contributed by atoms with Crippen LogP contribution < -0.4 is 10.5 Å². The average molecular weight is 315 g/mol. The van der Waals surface area contributed by atoms with Crippen molar-refractivity contribution in [2.24, 2.45) is 11.7 Å². The highest BCUT2D eigenvalue weighted by atomic mass is 32.2. The number of rotatable bonds is 7. The first-order chi connectivity index (χ1) is 9.33. The van der Waals surface area contributed by atoms with Crippen molar-refractivity contribution in [2.75, 3.05) is 0 Å². The standard InChI is InChI=1S/C13H21N3O2S2/c1-4-10(5-2)9(3)16-20(17,18)11-7-6-8-15-12(11)13(14)19/h6-10,16H,4-5H2,1-3H3,(H2,14,19). The quantitative estimate of drug-likeness (QED) is 0.750. The minimum Gasteiger partial charge on any atom is -0.388 e. The summed E-state index contributed by atoms with van der Waals surface area (Å²) in [5.41, 5.74) is 5.66. The average Bonchev–Trinajstić information content (AvgIpc) is 2.39. The summed E-state index contributed by atoms with van der Waals surface area (Å²) < 4.78 is 27.6. The van der Waals surface area contributed by atoms with E-state index in [1.165, 1.54) is 12.3 Å². The van der Waals surface area contributed by atoms with E-state index in [1.54, 1.807) is 6.07 Å². The SMILES string of the molecule is CCC(CC)C(C)NS(=O)(=O)c1cccnc1C(N)=S. The first kappa shape index (κ1) is 17.0. The van der Waals surface area contributed by atoms with E-state index in [9.17, 15) is 8.42 Å². The number of nitrogens with zero attached hydrogens (tertiary/aromatic N) is 1. The van der Waals surface area contributed by atoms with E-state index >= 15 is 0 Å². The Bertz CT molecular complexity index is 569.